The monoisotopic (exact) mass is 417 g/mol. The van der Waals surface area contributed by atoms with Gasteiger partial charge in [0.25, 0.3) is 0 Å². The standard InChI is InChI=1S/C27H31NO3/c1-2-26(31-21-11-4-3-5-12-21)25(29)18-28-17-16-23-22-13-7-6-10-20(22)19-30-27-15-9-8-14-24(23)27/h3-15,23,25-26,28-29H,2,16-19H2,1H3. The van der Waals surface area contributed by atoms with Crippen LogP contribution in [0.2, 0.25) is 0 Å². The van der Waals surface area contributed by atoms with Gasteiger partial charge in [-0.05, 0) is 48.7 Å². The van der Waals surface area contributed by atoms with Crippen LogP contribution in [-0.4, -0.2) is 30.4 Å². The zero-order chi connectivity index (χ0) is 21.5. The van der Waals surface area contributed by atoms with Crippen LogP contribution in [0, 0.1) is 0 Å². The molecule has 31 heavy (non-hydrogen) atoms. The Bertz CT molecular complexity index is 912. The number of benzene rings is 3. The van der Waals surface area contributed by atoms with Crippen LogP contribution in [0.25, 0.3) is 0 Å². The van der Waals surface area contributed by atoms with E-state index in [0.29, 0.717) is 13.2 Å². The SMILES string of the molecule is CCC(Oc1ccccc1)C(O)CNCCC1c2ccccc2COc2ccccc21. The van der Waals surface area contributed by atoms with Crippen molar-refractivity contribution < 1.29 is 14.6 Å². The normalized spacial score (nSPS) is 16.9. The predicted octanol–water partition coefficient (Wildman–Crippen LogP) is 4.91. The lowest BCUT2D eigenvalue weighted by Gasteiger charge is -2.24. The first kappa shape index (κ1) is 21.4. The first-order valence-electron chi connectivity index (χ1n) is 11.2. The molecule has 162 valence electrons. The second kappa shape index (κ2) is 10.5. The summed E-state index contributed by atoms with van der Waals surface area (Å²) in [5.74, 6) is 2.02. The number of nitrogens with one attached hydrogen (secondary N) is 1. The second-order valence-electron chi connectivity index (χ2n) is 8.02. The summed E-state index contributed by atoms with van der Waals surface area (Å²) < 4.78 is 12.1. The first-order chi connectivity index (χ1) is 15.3. The molecule has 0 saturated carbocycles. The topological polar surface area (TPSA) is 50.7 Å². The van der Waals surface area contributed by atoms with Crippen LogP contribution in [0.5, 0.6) is 11.5 Å². The summed E-state index contributed by atoms with van der Waals surface area (Å²) in [6.07, 6.45) is 0.878. The van der Waals surface area contributed by atoms with Crippen LogP contribution in [-0.2, 0) is 6.61 Å². The summed E-state index contributed by atoms with van der Waals surface area (Å²) in [5, 5.41) is 14.1. The Kier molecular flexibility index (Phi) is 7.23. The fourth-order valence-electron chi connectivity index (χ4n) is 4.28. The molecule has 4 rings (SSSR count). The Labute approximate surface area is 184 Å². The van der Waals surface area contributed by atoms with E-state index in [1.54, 1.807) is 0 Å². The Hall–Kier alpha value is -2.82. The molecule has 0 radical (unpaired) electrons. The minimum absolute atomic E-state index is 0.234. The van der Waals surface area contributed by atoms with E-state index in [2.05, 4.69) is 47.8 Å². The van der Waals surface area contributed by atoms with E-state index < -0.39 is 6.10 Å². The second-order valence-corrected chi connectivity index (χ2v) is 8.02. The first-order valence-corrected chi connectivity index (χ1v) is 11.2. The molecule has 3 aromatic carbocycles. The van der Waals surface area contributed by atoms with Crippen molar-refractivity contribution in [1.29, 1.82) is 0 Å². The summed E-state index contributed by atoms with van der Waals surface area (Å²) >= 11 is 0. The van der Waals surface area contributed by atoms with Gasteiger partial charge in [-0.3, -0.25) is 0 Å². The lowest BCUT2D eigenvalue weighted by molar-refractivity contribution is 0.0346. The highest BCUT2D eigenvalue weighted by atomic mass is 16.5. The van der Waals surface area contributed by atoms with Gasteiger partial charge < -0.3 is 19.9 Å². The lowest BCUT2D eigenvalue weighted by Crippen LogP contribution is -2.39. The molecule has 3 aromatic rings. The van der Waals surface area contributed by atoms with Crippen LogP contribution in [0.4, 0.5) is 0 Å². The number of rotatable bonds is 9. The molecule has 2 N–H and O–H groups in total. The number of ether oxygens (including phenoxy) is 2. The zero-order valence-corrected chi connectivity index (χ0v) is 18.0. The van der Waals surface area contributed by atoms with Gasteiger partial charge in [0.05, 0.1) is 0 Å². The maximum absolute atomic E-state index is 10.7. The molecule has 0 amide bonds. The van der Waals surface area contributed by atoms with E-state index in [0.717, 1.165) is 30.9 Å². The minimum Gasteiger partial charge on any atom is -0.489 e. The van der Waals surface area contributed by atoms with Crippen LogP contribution in [0.3, 0.4) is 0 Å². The lowest BCUT2D eigenvalue weighted by atomic mass is 9.86. The fourth-order valence-corrected chi connectivity index (χ4v) is 4.28. The molecule has 1 aliphatic rings. The molecule has 1 aliphatic heterocycles. The van der Waals surface area contributed by atoms with Gasteiger partial charge in [-0.2, -0.15) is 0 Å². The van der Waals surface area contributed by atoms with Crippen molar-refractivity contribution in [2.45, 2.75) is 44.5 Å². The van der Waals surface area contributed by atoms with Crippen LogP contribution in [0.1, 0.15) is 42.4 Å². The van der Waals surface area contributed by atoms with Gasteiger partial charge >= 0.3 is 0 Å². The van der Waals surface area contributed by atoms with Crippen LogP contribution < -0.4 is 14.8 Å². The third kappa shape index (κ3) is 5.27. The van der Waals surface area contributed by atoms with Crippen molar-refractivity contribution in [3.8, 4) is 11.5 Å². The summed E-state index contributed by atoms with van der Waals surface area (Å²) in [6, 6.07) is 26.5. The molecule has 4 heteroatoms. The van der Waals surface area contributed by atoms with Gasteiger partial charge in [-0.25, -0.2) is 0 Å². The van der Waals surface area contributed by atoms with E-state index in [9.17, 15) is 5.11 Å². The highest BCUT2D eigenvalue weighted by Crippen LogP contribution is 2.38. The number of hydrogen-bond donors (Lipinski definition) is 2. The summed E-state index contributed by atoms with van der Waals surface area (Å²) in [7, 11) is 0. The van der Waals surface area contributed by atoms with Crippen molar-refractivity contribution in [3.05, 3.63) is 95.6 Å². The van der Waals surface area contributed by atoms with Crippen LogP contribution in [0.15, 0.2) is 78.9 Å². The Morgan fingerprint density at radius 2 is 1.68 bits per heavy atom. The van der Waals surface area contributed by atoms with Gasteiger partial charge in [0.2, 0.25) is 0 Å². The van der Waals surface area contributed by atoms with Crippen molar-refractivity contribution in [3.63, 3.8) is 0 Å². The van der Waals surface area contributed by atoms with Gasteiger partial charge in [0.1, 0.15) is 30.3 Å². The molecular formula is C27H31NO3. The van der Waals surface area contributed by atoms with Gasteiger partial charge in [0, 0.05) is 18.0 Å². The number of hydrogen-bond acceptors (Lipinski definition) is 4. The third-order valence-electron chi connectivity index (χ3n) is 5.93. The summed E-state index contributed by atoms with van der Waals surface area (Å²) in [4.78, 5) is 0. The molecule has 3 atom stereocenters. The fraction of sp³-hybridized carbons (Fsp3) is 0.333. The molecule has 0 spiro atoms. The number of aliphatic hydroxyl groups is 1. The molecule has 1 heterocycles. The number of para-hydroxylation sites is 2. The maximum Gasteiger partial charge on any atom is 0.125 e. The Morgan fingerprint density at radius 1 is 0.968 bits per heavy atom. The van der Waals surface area contributed by atoms with Crippen molar-refractivity contribution >= 4 is 0 Å². The summed E-state index contributed by atoms with van der Waals surface area (Å²) in [6.45, 7) is 3.94. The average molecular weight is 418 g/mol. The Morgan fingerprint density at radius 3 is 2.48 bits per heavy atom. The van der Waals surface area contributed by atoms with Crippen molar-refractivity contribution in [2.24, 2.45) is 0 Å². The predicted molar refractivity (Wildman–Crippen MR) is 124 cm³/mol. The highest BCUT2D eigenvalue weighted by molar-refractivity contribution is 5.46. The van der Waals surface area contributed by atoms with E-state index in [1.807, 2.05) is 43.3 Å². The van der Waals surface area contributed by atoms with E-state index >= 15 is 0 Å². The number of fused-ring (bicyclic) bond motifs is 2. The average Bonchev–Trinajstić information content (AvgIpc) is 2.98. The largest absolute Gasteiger partial charge is 0.489 e. The smallest absolute Gasteiger partial charge is 0.125 e. The number of aliphatic hydroxyl groups excluding tert-OH is 1. The third-order valence-corrected chi connectivity index (χ3v) is 5.93. The van der Waals surface area contributed by atoms with Crippen molar-refractivity contribution in [1.82, 2.24) is 5.32 Å². The quantitative estimate of drug-likeness (QED) is 0.486. The molecule has 4 nitrogen and oxygen atoms in total. The molecule has 0 bridgehead atoms. The van der Waals surface area contributed by atoms with Crippen molar-refractivity contribution in [2.75, 3.05) is 13.1 Å². The zero-order valence-electron chi connectivity index (χ0n) is 18.0. The van der Waals surface area contributed by atoms with E-state index in [-0.39, 0.29) is 12.0 Å². The minimum atomic E-state index is -0.567. The molecule has 0 aromatic heterocycles. The molecule has 0 aliphatic carbocycles. The Balaban J connectivity index is 1.37. The molecule has 0 fully saturated rings. The molecular weight excluding hydrogens is 386 g/mol. The molecule has 0 saturated heterocycles. The van der Waals surface area contributed by atoms with Gasteiger partial charge in [-0.15, -0.1) is 0 Å². The van der Waals surface area contributed by atoms with Gasteiger partial charge in [-0.1, -0.05) is 67.6 Å². The summed E-state index contributed by atoms with van der Waals surface area (Å²) in [5.41, 5.74) is 3.80. The van der Waals surface area contributed by atoms with Crippen LogP contribution >= 0.6 is 0 Å². The van der Waals surface area contributed by atoms with E-state index in [4.69, 9.17) is 9.47 Å². The van der Waals surface area contributed by atoms with E-state index in [1.165, 1.54) is 16.7 Å². The maximum atomic E-state index is 10.7. The van der Waals surface area contributed by atoms with Gasteiger partial charge in [0.15, 0.2) is 0 Å². The molecule has 3 unspecified atom stereocenters. The highest BCUT2D eigenvalue weighted by Gasteiger charge is 2.24.